The topological polar surface area (TPSA) is 187 Å². The number of aliphatic carboxylic acids is 1. The minimum absolute atomic E-state index is 0.0401. The summed E-state index contributed by atoms with van der Waals surface area (Å²) in [5, 5.41) is 36.8. The number of anilines is 5. The number of aromatic carboxylic acids is 2. The maximum atomic E-state index is 12.1. The first-order valence-electron chi connectivity index (χ1n) is 10.6. The lowest BCUT2D eigenvalue weighted by Gasteiger charge is -2.27. The third-order valence-corrected chi connectivity index (χ3v) is 5.20. The molecular formula is C24H20N6O6. The summed E-state index contributed by atoms with van der Waals surface area (Å²) in [5.74, 6) is -3.20. The van der Waals surface area contributed by atoms with Crippen molar-refractivity contribution in [3.8, 4) is 0 Å². The van der Waals surface area contributed by atoms with E-state index in [-0.39, 0.29) is 35.4 Å². The maximum Gasteiger partial charge on any atom is 0.335 e. The van der Waals surface area contributed by atoms with Gasteiger partial charge in [0.25, 0.3) is 0 Å². The highest BCUT2D eigenvalue weighted by molar-refractivity contribution is 5.89. The summed E-state index contributed by atoms with van der Waals surface area (Å²) in [4.78, 5) is 47.1. The molecule has 1 heterocycles. The summed E-state index contributed by atoms with van der Waals surface area (Å²) < 4.78 is 0. The van der Waals surface area contributed by atoms with Crippen molar-refractivity contribution >= 4 is 47.1 Å². The quantitative estimate of drug-likeness (QED) is 0.258. The number of nitrogens with one attached hydrogen (secondary N) is 3. The maximum absolute atomic E-state index is 12.1. The monoisotopic (exact) mass is 488 g/mol. The van der Waals surface area contributed by atoms with Crippen molar-refractivity contribution in [1.29, 1.82) is 0 Å². The zero-order chi connectivity index (χ0) is 25.7. The predicted octanol–water partition coefficient (Wildman–Crippen LogP) is 3.51. The first kappa shape index (κ1) is 23.9. The zero-order valence-electron chi connectivity index (χ0n) is 18.5. The van der Waals surface area contributed by atoms with Gasteiger partial charge in [-0.2, -0.15) is 15.0 Å². The van der Waals surface area contributed by atoms with Gasteiger partial charge in [-0.1, -0.05) is 18.2 Å². The number of benzene rings is 2. The van der Waals surface area contributed by atoms with Gasteiger partial charge in [0.2, 0.25) is 17.8 Å². The lowest BCUT2D eigenvalue weighted by atomic mass is 9.91. The molecular weight excluding hydrogens is 468 g/mol. The first-order chi connectivity index (χ1) is 17.2. The molecule has 12 nitrogen and oxygen atoms in total. The number of allylic oxidation sites excluding steroid dienone is 2. The number of carbonyl (C=O) groups is 3. The summed E-state index contributed by atoms with van der Waals surface area (Å²) in [6.45, 7) is 0. The third-order valence-electron chi connectivity index (χ3n) is 5.20. The Morgan fingerprint density at radius 2 is 1.17 bits per heavy atom. The molecule has 1 aliphatic rings. The third kappa shape index (κ3) is 5.44. The highest BCUT2D eigenvalue weighted by Crippen LogP contribution is 2.25. The zero-order valence-corrected chi connectivity index (χ0v) is 18.5. The van der Waals surface area contributed by atoms with Crippen LogP contribution in [0.4, 0.5) is 29.2 Å². The Hall–Kier alpha value is -5.26. The van der Waals surface area contributed by atoms with Gasteiger partial charge in [0.05, 0.1) is 11.1 Å². The number of nitrogens with zero attached hydrogens (tertiary/aromatic N) is 3. The van der Waals surface area contributed by atoms with Crippen molar-refractivity contribution in [1.82, 2.24) is 15.0 Å². The molecule has 1 unspecified atom stereocenters. The number of aromatic nitrogens is 3. The highest BCUT2D eigenvalue weighted by Gasteiger charge is 2.36. The van der Waals surface area contributed by atoms with E-state index in [1.54, 1.807) is 18.2 Å². The SMILES string of the molecule is O=C(O)c1ccc(Nc2nc(Nc3ccc(C(=O)O)cc3)nc(NC3(C(=O)O)C=CC=CC3)n2)cc1. The standard InChI is InChI=1S/C24H20N6O6/c31-18(32)14-4-8-16(9-5-14)25-21-27-22(26-17-10-6-15(7-11-17)19(33)34)29-23(28-21)30-24(20(35)36)12-2-1-3-13-24/h1-12H,13H2,(H,31,32)(H,33,34)(H,35,36)(H3,25,26,27,28,29,30). The molecule has 1 aromatic heterocycles. The Morgan fingerprint density at radius 3 is 1.56 bits per heavy atom. The number of carboxylic acids is 3. The van der Waals surface area contributed by atoms with Crippen LogP contribution in [0, 0.1) is 0 Å². The number of rotatable bonds is 9. The van der Waals surface area contributed by atoms with E-state index in [0.29, 0.717) is 11.4 Å². The van der Waals surface area contributed by atoms with Gasteiger partial charge in [0, 0.05) is 17.8 Å². The molecule has 0 fully saturated rings. The fourth-order valence-corrected chi connectivity index (χ4v) is 3.32. The van der Waals surface area contributed by atoms with Gasteiger partial charge in [-0.25, -0.2) is 14.4 Å². The summed E-state index contributed by atoms with van der Waals surface area (Å²) in [7, 11) is 0. The van der Waals surface area contributed by atoms with Gasteiger partial charge in [-0.3, -0.25) is 0 Å². The van der Waals surface area contributed by atoms with Crippen LogP contribution in [0.15, 0.2) is 72.8 Å². The molecule has 0 spiro atoms. The van der Waals surface area contributed by atoms with E-state index < -0.39 is 23.4 Å². The summed E-state index contributed by atoms with van der Waals surface area (Å²) in [5.41, 5.74) is -0.293. The van der Waals surface area contributed by atoms with Gasteiger partial charge >= 0.3 is 17.9 Å². The van der Waals surface area contributed by atoms with E-state index in [1.807, 2.05) is 0 Å². The van der Waals surface area contributed by atoms with Gasteiger partial charge in [0.1, 0.15) is 0 Å². The van der Waals surface area contributed by atoms with Crippen LogP contribution >= 0.6 is 0 Å². The van der Waals surface area contributed by atoms with Gasteiger partial charge in [-0.05, 0) is 54.6 Å². The van der Waals surface area contributed by atoms with Gasteiger partial charge in [-0.15, -0.1) is 0 Å². The fraction of sp³-hybridized carbons (Fsp3) is 0.0833. The number of hydrogen-bond acceptors (Lipinski definition) is 9. The molecule has 0 aliphatic heterocycles. The molecule has 2 aromatic carbocycles. The Balaban J connectivity index is 1.67. The first-order valence-corrected chi connectivity index (χ1v) is 10.6. The van der Waals surface area contributed by atoms with Crippen molar-refractivity contribution in [3.05, 3.63) is 84.0 Å². The van der Waals surface area contributed by atoms with Crippen molar-refractivity contribution in [3.63, 3.8) is 0 Å². The van der Waals surface area contributed by atoms with Crippen LogP contribution in [0.5, 0.6) is 0 Å². The molecule has 0 radical (unpaired) electrons. The molecule has 0 saturated heterocycles. The van der Waals surface area contributed by atoms with Gasteiger partial charge in [0.15, 0.2) is 5.54 Å². The van der Waals surface area contributed by atoms with E-state index in [1.165, 1.54) is 54.6 Å². The van der Waals surface area contributed by atoms with Crippen LogP contribution in [-0.4, -0.2) is 53.7 Å². The van der Waals surface area contributed by atoms with Crippen LogP contribution in [0.25, 0.3) is 0 Å². The minimum Gasteiger partial charge on any atom is -0.479 e. The summed E-state index contributed by atoms with van der Waals surface area (Å²) >= 11 is 0. The van der Waals surface area contributed by atoms with E-state index >= 15 is 0 Å². The van der Waals surface area contributed by atoms with E-state index in [4.69, 9.17) is 10.2 Å². The molecule has 6 N–H and O–H groups in total. The number of carboxylic acid groups (broad SMARTS) is 3. The van der Waals surface area contributed by atoms with Gasteiger partial charge < -0.3 is 31.3 Å². The molecule has 12 heteroatoms. The predicted molar refractivity (Wildman–Crippen MR) is 130 cm³/mol. The Morgan fingerprint density at radius 1 is 0.694 bits per heavy atom. The second-order valence-corrected chi connectivity index (χ2v) is 7.71. The fourth-order valence-electron chi connectivity index (χ4n) is 3.32. The van der Waals surface area contributed by atoms with Crippen molar-refractivity contribution < 1.29 is 29.7 Å². The smallest absolute Gasteiger partial charge is 0.335 e. The summed E-state index contributed by atoms with van der Waals surface area (Å²) in [6.07, 6.45) is 6.70. The molecule has 0 bridgehead atoms. The van der Waals surface area contributed by atoms with Crippen LogP contribution < -0.4 is 16.0 Å². The van der Waals surface area contributed by atoms with E-state index in [2.05, 4.69) is 30.9 Å². The molecule has 1 aliphatic carbocycles. The summed E-state index contributed by atoms with van der Waals surface area (Å²) in [6, 6.07) is 11.8. The Labute approximate surface area is 204 Å². The van der Waals surface area contributed by atoms with Crippen LogP contribution in [0.2, 0.25) is 0 Å². The largest absolute Gasteiger partial charge is 0.479 e. The van der Waals surface area contributed by atoms with Crippen molar-refractivity contribution in [2.45, 2.75) is 12.0 Å². The average Bonchev–Trinajstić information content (AvgIpc) is 2.85. The number of hydrogen-bond donors (Lipinski definition) is 6. The molecule has 0 amide bonds. The second-order valence-electron chi connectivity index (χ2n) is 7.71. The van der Waals surface area contributed by atoms with Crippen molar-refractivity contribution in [2.75, 3.05) is 16.0 Å². The highest BCUT2D eigenvalue weighted by atomic mass is 16.4. The average molecular weight is 488 g/mol. The molecule has 0 saturated carbocycles. The van der Waals surface area contributed by atoms with Crippen LogP contribution in [-0.2, 0) is 4.79 Å². The Kier molecular flexibility index (Phi) is 6.59. The normalized spacial score (nSPS) is 16.2. The van der Waals surface area contributed by atoms with Crippen LogP contribution in [0.3, 0.4) is 0 Å². The molecule has 4 rings (SSSR count). The molecule has 36 heavy (non-hydrogen) atoms. The second kappa shape index (κ2) is 9.93. The Bertz CT molecular complexity index is 1290. The molecule has 1 atom stereocenters. The molecule has 182 valence electrons. The molecule has 3 aromatic rings. The van der Waals surface area contributed by atoms with Crippen LogP contribution in [0.1, 0.15) is 27.1 Å². The van der Waals surface area contributed by atoms with E-state index in [9.17, 15) is 19.5 Å². The van der Waals surface area contributed by atoms with Crippen molar-refractivity contribution in [2.24, 2.45) is 0 Å². The lowest BCUT2D eigenvalue weighted by Crippen LogP contribution is -2.45. The lowest BCUT2D eigenvalue weighted by molar-refractivity contribution is -0.140. The minimum atomic E-state index is -1.48. The van der Waals surface area contributed by atoms with E-state index in [0.717, 1.165) is 0 Å².